The number of amides is 1. The number of hydrogen-bond donors (Lipinski definition) is 1. The van der Waals surface area contributed by atoms with Crippen molar-refractivity contribution in [2.24, 2.45) is 0 Å². The number of ether oxygens (including phenoxy) is 1. The van der Waals surface area contributed by atoms with E-state index < -0.39 is 0 Å². The summed E-state index contributed by atoms with van der Waals surface area (Å²) in [5.74, 6) is 2.22. The van der Waals surface area contributed by atoms with E-state index in [2.05, 4.69) is 15.3 Å². The van der Waals surface area contributed by atoms with Gasteiger partial charge in [-0.1, -0.05) is 30.3 Å². The Balaban J connectivity index is 1.40. The largest absolute Gasteiger partial charge is 0.439 e. The summed E-state index contributed by atoms with van der Waals surface area (Å²) in [5, 5.41) is 2.83. The molecule has 0 saturated heterocycles. The van der Waals surface area contributed by atoms with Crippen molar-refractivity contribution < 1.29 is 9.53 Å². The smallest absolute Gasteiger partial charge is 0.248 e. The van der Waals surface area contributed by atoms with E-state index in [1.165, 1.54) is 6.08 Å². The number of nitrogens with zero attached hydrogens (tertiary/aromatic N) is 3. The van der Waals surface area contributed by atoms with Gasteiger partial charge in [0.1, 0.15) is 17.4 Å². The maximum atomic E-state index is 12.1. The topological polar surface area (TPSA) is 69.0 Å². The number of anilines is 1. The van der Waals surface area contributed by atoms with Gasteiger partial charge in [-0.15, -0.1) is 0 Å². The van der Waals surface area contributed by atoms with Crippen molar-refractivity contribution in [3.8, 4) is 17.4 Å². The Bertz CT molecular complexity index is 1150. The van der Waals surface area contributed by atoms with E-state index in [1.54, 1.807) is 36.4 Å². The summed E-state index contributed by atoms with van der Waals surface area (Å²) >= 11 is 0. The van der Waals surface area contributed by atoms with Crippen LogP contribution in [0.5, 0.6) is 11.6 Å². The first-order valence-electron chi connectivity index (χ1n) is 9.47. The SMILES string of the molecule is Cc1nc(Oc2ccc(NC(=O)/C=C/c3ccccc3)cc2)cc(-n2cccc2)n1. The van der Waals surface area contributed by atoms with Gasteiger partial charge in [0.25, 0.3) is 0 Å². The minimum absolute atomic E-state index is 0.199. The average Bonchev–Trinajstić information content (AvgIpc) is 3.29. The fourth-order valence-electron chi connectivity index (χ4n) is 2.84. The summed E-state index contributed by atoms with van der Waals surface area (Å²) in [7, 11) is 0. The second kappa shape index (κ2) is 8.87. The molecule has 0 atom stereocenters. The van der Waals surface area contributed by atoms with Crippen molar-refractivity contribution in [3.63, 3.8) is 0 Å². The van der Waals surface area contributed by atoms with Gasteiger partial charge in [-0.25, -0.2) is 4.98 Å². The zero-order valence-electron chi connectivity index (χ0n) is 16.4. The number of hydrogen-bond acceptors (Lipinski definition) is 4. The Kier molecular flexibility index (Phi) is 5.66. The van der Waals surface area contributed by atoms with Gasteiger partial charge in [0.15, 0.2) is 0 Å². The molecule has 0 radical (unpaired) electrons. The van der Waals surface area contributed by atoms with Crippen molar-refractivity contribution in [1.82, 2.24) is 14.5 Å². The summed E-state index contributed by atoms with van der Waals surface area (Å²) in [4.78, 5) is 20.9. The molecule has 2 heterocycles. The molecule has 0 aliphatic carbocycles. The molecule has 1 N–H and O–H groups in total. The molecule has 0 spiro atoms. The van der Waals surface area contributed by atoms with Crippen LogP contribution in [0.1, 0.15) is 11.4 Å². The molecule has 4 rings (SSSR count). The summed E-state index contributed by atoms with van der Waals surface area (Å²) in [6.07, 6.45) is 7.10. The van der Waals surface area contributed by atoms with Crippen molar-refractivity contribution >= 4 is 17.7 Å². The van der Waals surface area contributed by atoms with Crippen LogP contribution in [0.4, 0.5) is 5.69 Å². The summed E-state index contributed by atoms with van der Waals surface area (Å²) in [6, 6.07) is 22.4. The highest BCUT2D eigenvalue weighted by molar-refractivity contribution is 6.01. The van der Waals surface area contributed by atoms with Gasteiger partial charge in [-0.05, 0) is 55.0 Å². The standard InChI is InChI=1S/C24H20N4O2/c1-18-25-22(28-15-5-6-16-28)17-24(26-18)30-21-12-10-20(11-13-21)27-23(29)14-9-19-7-3-2-4-8-19/h2-17H,1H3,(H,27,29)/b14-9+. The third-order valence-electron chi connectivity index (χ3n) is 4.24. The highest BCUT2D eigenvalue weighted by Crippen LogP contribution is 2.23. The molecular weight excluding hydrogens is 376 g/mol. The number of nitrogens with one attached hydrogen (secondary N) is 1. The maximum absolute atomic E-state index is 12.1. The van der Waals surface area contributed by atoms with Crippen LogP contribution in [-0.4, -0.2) is 20.4 Å². The first kappa shape index (κ1) is 19.1. The highest BCUT2D eigenvalue weighted by Gasteiger charge is 2.06. The van der Waals surface area contributed by atoms with Crippen LogP contribution in [0.25, 0.3) is 11.9 Å². The molecule has 2 aromatic carbocycles. The number of benzene rings is 2. The maximum Gasteiger partial charge on any atom is 0.248 e. The molecule has 148 valence electrons. The van der Waals surface area contributed by atoms with Gasteiger partial charge < -0.3 is 14.6 Å². The lowest BCUT2D eigenvalue weighted by atomic mass is 10.2. The lowest BCUT2D eigenvalue weighted by Gasteiger charge is -2.09. The van der Waals surface area contributed by atoms with E-state index in [4.69, 9.17) is 4.74 Å². The second-order valence-corrected chi connectivity index (χ2v) is 6.56. The lowest BCUT2D eigenvalue weighted by Crippen LogP contribution is -2.07. The van der Waals surface area contributed by atoms with Gasteiger partial charge in [0, 0.05) is 30.2 Å². The van der Waals surface area contributed by atoms with Crippen LogP contribution < -0.4 is 10.1 Å². The van der Waals surface area contributed by atoms with Gasteiger partial charge in [0.05, 0.1) is 0 Å². The van der Waals surface area contributed by atoms with Gasteiger partial charge in [0.2, 0.25) is 11.8 Å². The van der Waals surface area contributed by atoms with Crippen molar-refractivity contribution in [2.75, 3.05) is 5.32 Å². The molecular formula is C24H20N4O2. The molecule has 0 aliphatic heterocycles. The third-order valence-corrected chi connectivity index (χ3v) is 4.24. The molecule has 6 nitrogen and oxygen atoms in total. The summed E-state index contributed by atoms with van der Waals surface area (Å²) in [6.45, 7) is 1.82. The van der Waals surface area contributed by atoms with Crippen LogP contribution in [0.15, 0.2) is 91.3 Å². The fraction of sp³-hybridized carbons (Fsp3) is 0.0417. The number of carbonyl (C=O) groups is 1. The van der Waals surface area contributed by atoms with Crippen molar-refractivity contribution in [1.29, 1.82) is 0 Å². The summed E-state index contributed by atoms with van der Waals surface area (Å²) in [5.41, 5.74) is 1.65. The van der Waals surface area contributed by atoms with Crippen LogP contribution in [0, 0.1) is 6.92 Å². The number of carbonyl (C=O) groups excluding carboxylic acids is 1. The molecule has 1 amide bonds. The van der Waals surface area contributed by atoms with E-state index in [0.717, 1.165) is 11.4 Å². The van der Waals surface area contributed by atoms with Crippen LogP contribution >= 0.6 is 0 Å². The van der Waals surface area contributed by atoms with Crippen LogP contribution in [-0.2, 0) is 4.79 Å². The second-order valence-electron chi connectivity index (χ2n) is 6.56. The van der Waals surface area contributed by atoms with E-state index in [1.807, 2.05) is 66.3 Å². The highest BCUT2D eigenvalue weighted by atomic mass is 16.5. The van der Waals surface area contributed by atoms with Crippen LogP contribution in [0.2, 0.25) is 0 Å². The Morgan fingerprint density at radius 1 is 0.967 bits per heavy atom. The van der Waals surface area contributed by atoms with Gasteiger partial charge in [-0.3, -0.25) is 4.79 Å². The molecule has 0 saturated carbocycles. The van der Waals surface area contributed by atoms with Crippen LogP contribution in [0.3, 0.4) is 0 Å². The number of aromatic nitrogens is 3. The van der Waals surface area contributed by atoms with Gasteiger partial charge >= 0.3 is 0 Å². The van der Waals surface area contributed by atoms with Crippen molar-refractivity contribution in [2.45, 2.75) is 6.92 Å². The Morgan fingerprint density at radius 2 is 1.70 bits per heavy atom. The van der Waals surface area contributed by atoms with E-state index in [9.17, 15) is 4.79 Å². The summed E-state index contributed by atoms with van der Waals surface area (Å²) < 4.78 is 7.76. The molecule has 6 heteroatoms. The van der Waals surface area contributed by atoms with Gasteiger partial charge in [-0.2, -0.15) is 4.98 Å². The predicted octanol–water partition coefficient (Wildman–Crippen LogP) is 5.02. The Labute approximate surface area is 174 Å². The fourth-order valence-corrected chi connectivity index (χ4v) is 2.84. The monoisotopic (exact) mass is 396 g/mol. The Morgan fingerprint density at radius 3 is 2.43 bits per heavy atom. The zero-order chi connectivity index (χ0) is 20.8. The molecule has 0 fully saturated rings. The normalized spacial score (nSPS) is 10.8. The van der Waals surface area contributed by atoms with E-state index in [0.29, 0.717) is 23.1 Å². The van der Waals surface area contributed by atoms with E-state index >= 15 is 0 Å². The Hall–Kier alpha value is -4.19. The number of aryl methyl sites for hydroxylation is 1. The minimum atomic E-state index is -0.199. The first-order valence-corrected chi connectivity index (χ1v) is 9.47. The molecule has 0 unspecified atom stereocenters. The molecule has 0 aliphatic rings. The lowest BCUT2D eigenvalue weighted by molar-refractivity contribution is -0.111. The first-order chi connectivity index (χ1) is 14.7. The predicted molar refractivity (Wildman–Crippen MR) is 117 cm³/mol. The molecule has 30 heavy (non-hydrogen) atoms. The third kappa shape index (κ3) is 4.99. The molecule has 0 bridgehead atoms. The quantitative estimate of drug-likeness (QED) is 0.465. The van der Waals surface area contributed by atoms with E-state index in [-0.39, 0.29) is 5.91 Å². The molecule has 2 aromatic heterocycles. The van der Waals surface area contributed by atoms with Crippen molar-refractivity contribution in [3.05, 3.63) is 103 Å². The zero-order valence-corrected chi connectivity index (χ0v) is 16.4. The number of rotatable bonds is 6. The minimum Gasteiger partial charge on any atom is -0.439 e. The molecule has 4 aromatic rings. The average molecular weight is 396 g/mol.